The molecule has 3 rings (SSSR count). The van der Waals surface area contributed by atoms with Gasteiger partial charge in [0.2, 0.25) is 0 Å². The third-order valence-electron chi connectivity index (χ3n) is 4.02. The summed E-state index contributed by atoms with van der Waals surface area (Å²) in [6, 6.07) is 7.25. The number of nitrogens with one attached hydrogen (secondary N) is 1. The lowest BCUT2D eigenvalue weighted by Gasteiger charge is -2.10. The molecule has 1 unspecified atom stereocenters. The topological polar surface area (TPSA) is 72.1 Å². The summed E-state index contributed by atoms with van der Waals surface area (Å²) in [4.78, 5) is 16.4. The Bertz CT molecular complexity index is 979. The highest BCUT2D eigenvalue weighted by molar-refractivity contribution is 6.34. The van der Waals surface area contributed by atoms with E-state index in [1.165, 1.54) is 6.20 Å². The van der Waals surface area contributed by atoms with Gasteiger partial charge in [-0.1, -0.05) is 23.2 Å². The van der Waals surface area contributed by atoms with Crippen molar-refractivity contribution in [3.05, 3.63) is 51.1 Å². The van der Waals surface area contributed by atoms with Crippen molar-refractivity contribution >= 4 is 45.6 Å². The van der Waals surface area contributed by atoms with Crippen LogP contribution in [0, 0.1) is 0 Å². The van der Waals surface area contributed by atoms with Crippen LogP contribution in [0.3, 0.4) is 0 Å². The smallest absolute Gasteiger partial charge is 0.328 e. The Balaban J connectivity index is 2.02. The average molecular weight is 381 g/mol. The van der Waals surface area contributed by atoms with Crippen LogP contribution in [0.4, 0.5) is 11.4 Å². The maximum atomic E-state index is 12.4. The van der Waals surface area contributed by atoms with Crippen LogP contribution in [-0.4, -0.2) is 25.3 Å². The van der Waals surface area contributed by atoms with Crippen molar-refractivity contribution < 1.29 is 5.11 Å². The van der Waals surface area contributed by atoms with E-state index in [0.29, 0.717) is 28.8 Å². The fraction of sp³-hybridized carbons (Fsp3) is 0.294. The molecule has 0 radical (unpaired) electrons. The molecule has 0 aliphatic carbocycles. The van der Waals surface area contributed by atoms with Crippen LogP contribution >= 0.6 is 23.2 Å². The Kier molecular flexibility index (Phi) is 5.03. The quantitative estimate of drug-likeness (QED) is 0.663. The van der Waals surface area contributed by atoms with Gasteiger partial charge in [0.1, 0.15) is 5.15 Å². The summed E-state index contributed by atoms with van der Waals surface area (Å²) in [5.41, 5.74) is 2.90. The van der Waals surface area contributed by atoms with E-state index in [-0.39, 0.29) is 5.69 Å². The van der Waals surface area contributed by atoms with Crippen molar-refractivity contribution in [1.82, 2.24) is 14.1 Å². The monoisotopic (exact) mass is 380 g/mol. The van der Waals surface area contributed by atoms with Gasteiger partial charge in [-0.2, -0.15) is 0 Å². The SMILES string of the molecule is CC(O)CCn1c(=O)n(C)c2ccc(Nc3cc(Cl)ncc3Cl)cc21. The number of aliphatic hydroxyl groups is 1. The second-order valence-electron chi connectivity index (χ2n) is 5.95. The number of halogens is 2. The average Bonchev–Trinajstić information content (AvgIpc) is 2.80. The molecule has 2 aromatic heterocycles. The number of hydrogen-bond donors (Lipinski definition) is 2. The van der Waals surface area contributed by atoms with Gasteiger partial charge in [-0.15, -0.1) is 0 Å². The van der Waals surface area contributed by atoms with Crippen LogP contribution in [-0.2, 0) is 13.6 Å². The van der Waals surface area contributed by atoms with Gasteiger partial charge in [-0.05, 0) is 31.5 Å². The van der Waals surface area contributed by atoms with E-state index in [1.54, 1.807) is 29.2 Å². The lowest BCUT2D eigenvalue weighted by molar-refractivity contribution is 0.178. The normalized spacial score (nSPS) is 12.5. The highest BCUT2D eigenvalue weighted by Crippen LogP contribution is 2.28. The molecule has 0 aliphatic rings. The van der Waals surface area contributed by atoms with Gasteiger partial charge in [0.25, 0.3) is 0 Å². The molecule has 2 heterocycles. The summed E-state index contributed by atoms with van der Waals surface area (Å²) >= 11 is 12.1. The molecule has 0 fully saturated rings. The number of fused-ring (bicyclic) bond motifs is 1. The van der Waals surface area contributed by atoms with E-state index in [4.69, 9.17) is 23.2 Å². The van der Waals surface area contributed by atoms with E-state index >= 15 is 0 Å². The minimum Gasteiger partial charge on any atom is -0.393 e. The van der Waals surface area contributed by atoms with Crippen molar-refractivity contribution in [2.45, 2.75) is 26.0 Å². The number of anilines is 2. The first-order chi connectivity index (χ1) is 11.9. The zero-order chi connectivity index (χ0) is 18.1. The summed E-state index contributed by atoms with van der Waals surface area (Å²) in [6.07, 6.45) is 1.51. The van der Waals surface area contributed by atoms with Crippen molar-refractivity contribution in [3.8, 4) is 0 Å². The molecule has 0 saturated heterocycles. The second-order valence-corrected chi connectivity index (χ2v) is 6.74. The first-order valence-corrected chi connectivity index (χ1v) is 8.58. The minimum atomic E-state index is -0.471. The third-order valence-corrected chi connectivity index (χ3v) is 4.52. The molecule has 8 heteroatoms. The molecule has 0 amide bonds. The van der Waals surface area contributed by atoms with Crippen LogP contribution in [0.5, 0.6) is 0 Å². The molecule has 132 valence electrons. The Hall–Kier alpha value is -2.02. The second kappa shape index (κ2) is 7.07. The summed E-state index contributed by atoms with van der Waals surface area (Å²) in [6.45, 7) is 2.15. The molecular formula is C17H18Cl2N4O2. The predicted octanol–water partition coefficient (Wildman–Crippen LogP) is 3.56. The molecule has 0 saturated carbocycles. The van der Waals surface area contributed by atoms with E-state index in [9.17, 15) is 9.90 Å². The third kappa shape index (κ3) is 3.66. The first-order valence-electron chi connectivity index (χ1n) is 7.82. The van der Waals surface area contributed by atoms with E-state index < -0.39 is 6.10 Å². The number of aliphatic hydroxyl groups excluding tert-OH is 1. The first kappa shape index (κ1) is 17.8. The minimum absolute atomic E-state index is 0.113. The van der Waals surface area contributed by atoms with Gasteiger partial charge in [-0.25, -0.2) is 9.78 Å². The van der Waals surface area contributed by atoms with Gasteiger partial charge >= 0.3 is 5.69 Å². The van der Waals surface area contributed by atoms with Gasteiger partial charge in [-0.3, -0.25) is 9.13 Å². The maximum absolute atomic E-state index is 12.4. The van der Waals surface area contributed by atoms with Crippen molar-refractivity contribution in [1.29, 1.82) is 0 Å². The molecule has 2 N–H and O–H groups in total. The summed E-state index contributed by atoms with van der Waals surface area (Å²) in [5.74, 6) is 0. The Morgan fingerprint density at radius 2 is 2.04 bits per heavy atom. The zero-order valence-electron chi connectivity index (χ0n) is 13.8. The Labute approximate surface area is 154 Å². The molecule has 1 aromatic carbocycles. The summed E-state index contributed by atoms with van der Waals surface area (Å²) < 4.78 is 3.26. The Morgan fingerprint density at radius 1 is 1.28 bits per heavy atom. The Morgan fingerprint density at radius 3 is 2.76 bits per heavy atom. The number of nitrogens with zero attached hydrogens (tertiary/aromatic N) is 3. The lowest BCUT2D eigenvalue weighted by Crippen LogP contribution is -2.23. The van der Waals surface area contributed by atoms with Crippen molar-refractivity contribution in [3.63, 3.8) is 0 Å². The fourth-order valence-electron chi connectivity index (χ4n) is 2.68. The van der Waals surface area contributed by atoms with Crippen LogP contribution in [0.2, 0.25) is 10.2 Å². The maximum Gasteiger partial charge on any atom is 0.328 e. The van der Waals surface area contributed by atoms with Crippen molar-refractivity contribution in [2.24, 2.45) is 7.05 Å². The summed E-state index contributed by atoms with van der Waals surface area (Å²) in [7, 11) is 1.73. The fourth-order valence-corrected chi connectivity index (χ4v) is 2.99. The lowest BCUT2D eigenvalue weighted by atomic mass is 10.2. The highest BCUT2D eigenvalue weighted by Gasteiger charge is 2.12. The molecular weight excluding hydrogens is 363 g/mol. The number of aromatic nitrogens is 3. The van der Waals surface area contributed by atoms with Crippen molar-refractivity contribution in [2.75, 3.05) is 5.32 Å². The van der Waals surface area contributed by atoms with Crippen LogP contribution in [0.25, 0.3) is 11.0 Å². The van der Waals surface area contributed by atoms with Crippen LogP contribution < -0.4 is 11.0 Å². The van der Waals surface area contributed by atoms with Gasteiger partial charge in [0.05, 0.1) is 27.8 Å². The molecule has 0 spiro atoms. The predicted molar refractivity (Wildman–Crippen MR) is 101 cm³/mol. The number of aryl methyl sites for hydroxylation is 2. The van der Waals surface area contributed by atoms with Crippen LogP contribution in [0.1, 0.15) is 13.3 Å². The van der Waals surface area contributed by atoms with Gasteiger partial charge < -0.3 is 10.4 Å². The van der Waals surface area contributed by atoms with E-state index in [0.717, 1.165) is 16.7 Å². The van der Waals surface area contributed by atoms with Gasteiger partial charge in [0, 0.05) is 31.5 Å². The summed E-state index contributed by atoms with van der Waals surface area (Å²) in [5, 5.41) is 13.5. The molecule has 1 atom stereocenters. The largest absolute Gasteiger partial charge is 0.393 e. The van der Waals surface area contributed by atoms with E-state index in [1.807, 2.05) is 18.2 Å². The molecule has 3 aromatic rings. The standard InChI is InChI=1S/C17H18Cl2N4O2/c1-10(24)5-6-23-15-7-11(3-4-14(15)22(2)17(23)25)21-13-8-16(19)20-9-12(13)18/h3-4,7-10,24H,5-6H2,1-2H3,(H,20,21). The number of pyridine rings is 1. The van der Waals surface area contributed by atoms with E-state index in [2.05, 4.69) is 10.3 Å². The zero-order valence-corrected chi connectivity index (χ0v) is 15.3. The molecule has 0 bridgehead atoms. The highest BCUT2D eigenvalue weighted by atomic mass is 35.5. The number of hydrogen-bond acceptors (Lipinski definition) is 4. The van der Waals surface area contributed by atoms with Gasteiger partial charge in [0.15, 0.2) is 0 Å². The van der Waals surface area contributed by atoms with Crippen LogP contribution in [0.15, 0.2) is 35.3 Å². The molecule has 6 nitrogen and oxygen atoms in total. The number of imidazole rings is 1. The number of benzene rings is 1. The molecule has 0 aliphatic heterocycles. The molecule has 25 heavy (non-hydrogen) atoms. The number of rotatable bonds is 5.